The Morgan fingerprint density at radius 2 is 0.789 bits per heavy atom. The average molecular weight is 746 g/mol. The van der Waals surface area contributed by atoms with Gasteiger partial charge in [-0.05, 0) is 64.2 Å². The van der Waals surface area contributed by atoms with Gasteiger partial charge in [-0.1, -0.05) is 176 Å². The minimum atomic E-state index is 0.890. The quantitative estimate of drug-likeness (QED) is 0.162. The van der Waals surface area contributed by atoms with E-state index >= 15 is 0 Å². The first-order chi connectivity index (χ1) is 28.3. The molecule has 11 rings (SSSR count). The van der Waals surface area contributed by atoms with Crippen LogP contribution < -0.4 is 4.90 Å². The minimum Gasteiger partial charge on any atom is -0.455 e. The summed E-state index contributed by atoms with van der Waals surface area (Å²) in [5.74, 6) is 0. The second-order valence-electron chi connectivity index (χ2n) is 14.4. The average Bonchev–Trinajstić information content (AvgIpc) is 3.86. The molecule has 0 spiro atoms. The third-order valence-corrected chi connectivity index (χ3v) is 12.3. The van der Waals surface area contributed by atoms with Crippen molar-refractivity contribution in [3.05, 3.63) is 212 Å². The zero-order chi connectivity index (χ0) is 37.7. The van der Waals surface area contributed by atoms with E-state index in [1.165, 1.54) is 48.0 Å². The molecular weight excluding hydrogens is 711 g/mol. The number of hydrogen-bond donors (Lipinski definition) is 0. The van der Waals surface area contributed by atoms with Gasteiger partial charge in [-0.15, -0.1) is 11.3 Å². The zero-order valence-electron chi connectivity index (χ0n) is 31.0. The van der Waals surface area contributed by atoms with Crippen LogP contribution in [-0.2, 0) is 0 Å². The van der Waals surface area contributed by atoms with E-state index in [-0.39, 0.29) is 0 Å². The van der Waals surface area contributed by atoms with Crippen LogP contribution in [-0.4, -0.2) is 0 Å². The van der Waals surface area contributed by atoms with Crippen LogP contribution in [0.15, 0.2) is 217 Å². The van der Waals surface area contributed by atoms with Gasteiger partial charge in [-0.2, -0.15) is 0 Å². The molecule has 0 bridgehead atoms. The molecule has 0 aliphatic rings. The zero-order valence-corrected chi connectivity index (χ0v) is 31.8. The number of benzene rings is 9. The van der Waals surface area contributed by atoms with Gasteiger partial charge in [-0.25, -0.2) is 0 Å². The van der Waals surface area contributed by atoms with Gasteiger partial charge in [0.05, 0.1) is 17.1 Å². The van der Waals surface area contributed by atoms with Crippen molar-refractivity contribution in [2.45, 2.75) is 0 Å². The molecule has 268 valence electrons. The van der Waals surface area contributed by atoms with E-state index in [2.05, 4.69) is 211 Å². The Kier molecular flexibility index (Phi) is 8.04. The van der Waals surface area contributed by atoms with E-state index in [9.17, 15) is 0 Å². The number of para-hydroxylation sites is 4. The van der Waals surface area contributed by atoms with E-state index < -0.39 is 0 Å². The van der Waals surface area contributed by atoms with Crippen LogP contribution in [0.4, 0.5) is 17.1 Å². The van der Waals surface area contributed by atoms with Crippen molar-refractivity contribution >= 4 is 70.5 Å². The normalized spacial score (nSPS) is 11.5. The fraction of sp³-hybridized carbons (Fsp3) is 0. The third-order valence-electron chi connectivity index (χ3n) is 11.1. The third kappa shape index (κ3) is 5.55. The number of anilines is 3. The van der Waals surface area contributed by atoms with E-state index in [0.717, 1.165) is 55.7 Å². The Bertz CT molecular complexity index is 3260. The predicted octanol–water partition coefficient (Wildman–Crippen LogP) is 16.1. The molecule has 2 aromatic heterocycles. The second kappa shape index (κ2) is 13.8. The molecular formula is C54H35NOS. The molecule has 0 saturated heterocycles. The summed E-state index contributed by atoms with van der Waals surface area (Å²) in [5.41, 5.74) is 14.3. The van der Waals surface area contributed by atoms with Gasteiger partial charge in [0, 0.05) is 47.6 Å². The molecule has 3 heteroatoms. The van der Waals surface area contributed by atoms with Crippen molar-refractivity contribution in [2.24, 2.45) is 0 Å². The Morgan fingerprint density at radius 1 is 0.316 bits per heavy atom. The van der Waals surface area contributed by atoms with E-state index in [4.69, 9.17) is 4.42 Å². The highest BCUT2D eigenvalue weighted by molar-refractivity contribution is 7.26. The lowest BCUT2D eigenvalue weighted by Crippen LogP contribution is -2.13. The minimum absolute atomic E-state index is 0.890. The molecule has 11 aromatic rings. The van der Waals surface area contributed by atoms with Crippen LogP contribution in [0.3, 0.4) is 0 Å². The first-order valence-electron chi connectivity index (χ1n) is 19.4. The van der Waals surface area contributed by atoms with Crippen LogP contribution in [0.1, 0.15) is 0 Å². The summed E-state index contributed by atoms with van der Waals surface area (Å²) in [6.45, 7) is 0. The lowest BCUT2D eigenvalue weighted by molar-refractivity contribution is 0.670. The number of nitrogens with zero attached hydrogens (tertiary/aromatic N) is 1. The summed E-state index contributed by atoms with van der Waals surface area (Å²) in [6.07, 6.45) is 0. The maximum Gasteiger partial charge on any atom is 0.143 e. The maximum atomic E-state index is 6.69. The molecule has 0 radical (unpaired) electrons. The first-order valence-corrected chi connectivity index (χ1v) is 20.2. The highest BCUT2D eigenvalue weighted by atomic mass is 32.1. The summed E-state index contributed by atoms with van der Waals surface area (Å²) < 4.78 is 9.22. The van der Waals surface area contributed by atoms with E-state index in [0.29, 0.717) is 0 Å². The molecule has 0 fully saturated rings. The molecule has 2 heterocycles. The van der Waals surface area contributed by atoms with Gasteiger partial charge in [-0.3, -0.25) is 0 Å². The first kappa shape index (κ1) is 33.2. The van der Waals surface area contributed by atoms with Crippen LogP contribution in [0.5, 0.6) is 0 Å². The summed E-state index contributed by atoms with van der Waals surface area (Å²) in [7, 11) is 0. The van der Waals surface area contributed by atoms with Gasteiger partial charge in [0.15, 0.2) is 0 Å². The summed E-state index contributed by atoms with van der Waals surface area (Å²) in [5, 5.41) is 4.73. The Balaban J connectivity index is 1.20. The predicted molar refractivity (Wildman–Crippen MR) is 243 cm³/mol. The summed E-state index contributed by atoms with van der Waals surface area (Å²) in [4.78, 5) is 2.49. The van der Waals surface area contributed by atoms with E-state index in [1.807, 2.05) is 17.4 Å². The van der Waals surface area contributed by atoms with Crippen LogP contribution in [0.25, 0.3) is 86.6 Å². The molecule has 0 atom stereocenters. The standard InChI is InChI=1S/C54H35NOS/c1-2-18-36(19-3-1)37-20-4-5-21-38(37)39-22-6-7-23-40(39)41-24-8-12-30-47(41)55(49-32-17-35-52-53(49)46-27-11-15-34-51(46)57-52)48-31-13-9-25-42(48)44-28-16-29-45-43-26-10-14-33-50(43)56-54(44)45/h1-35H. The Labute approximate surface area is 335 Å². The van der Waals surface area contributed by atoms with Gasteiger partial charge < -0.3 is 9.32 Å². The number of thiophene rings is 1. The van der Waals surface area contributed by atoms with Crippen molar-refractivity contribution in [3.8, 4) is 44.5 Å². The molecule has 0 unspecified atom stereocenters. The van der Waals surface area contributed by atoms with Crippen molar-refractivity contribution in [1.29, 1.82) is 0 Å². The lowest BCUT2D eigenvalue weighted by atomic mass is 9.88. The molecule has 0 N–H and O–H groups in total. The van der Waals surface area contributed by atoms with Crippen molar-refractivity contribution in [1.82, 2.24) is 0 Å². The number of furan rings is 1. The van der Waals surface area contributed by atoms with Crippen molar-refractivity contribution < 1.29 is 4.42 Å². The van der Waals surface area contributed by atoms with Crippen LogP contribution in [0, 0.1) is 0 Å². The molecule has 0 aliphatic carbocycles. The molecule has 9 aromatic carbocycles. The number of fused-ring (bicyclic) bond motifs is 6. The van der Waals surface area contributed by atoms with Crippen molar-refractivity contribution in [3.63, 3.8) is 0 Å². The Hall–Kier alpha value is -7.20. The van der Waals surface area contributed by atoms with Gasteiger partial charge in [0.1, 0.15) is 11.2 Å². The van der Waals surface area contributed by atoms with Crippen LogP contribution in [0.2, 0.25) is 0 Å². The van der Waals surface area contributed by atoms with E-state index in [1.54, 1.807) is 0 Å². The summed E-state index contributed by atoms with van der Waals surface area (Å²) in [6, 6.07) is 76.4. The van der Waals surface area contributed by atoms with Crippen LogP contribution >= 0.6 is 11.3 Å². The fourth-order valence-corrected chi connectivity index (χ4v) is 9.75. The monoisotopic (exact) mass is 745 g/mol. The van der Waals surface area contributed by atoms with Gasteiger partial charge in [0.2, 0.25) is 0 Å². The molecule has 2 nitrogen and oxygen atoms in total. The molecule has 0 amide bonds. The fourth-order valence-electron chi connectivity index (χ4n) is 8.62. The smallest absolute Gasteiger partial charge is 0.143 e. The largest absolute Gasteiger partial charge is 0.455 e. The molecule has 0 saturated carbocycles. The SMILES string of the molecule is c1ccc(-c2ccccc2-c2ccccc2-c2ccccc2N(c2ccccc2-c2cccc3c2oc2ccccc23)c2cccc3sc4ccccc4c23)cc1. The number of hydrogen-bond acceptors (Lipinski definition) is 3. The second-order valence-corrected chi connectivity index (χ2v) is 15.4. The molecule has 57 heavy (non-hydrogen) atoms. The molecule has 0 aliphatic heterocycles. The highest BCUT2D eigenvalue weighted by Gasteiger charge is 2.26. The number of rotatable bonds is 7. The highest BCUT2D eigenvalue weighted by Crippen LogP contribution is 2.51. The maximum absolute atomic E-state index is 6.69. The lowest BCUT2D eigenvalue weighted by Gasteiger charge is -2.31. The van der Waals surface area contributed by atoms with Gasteiger partial charge >= 0.3 is 0 Å². The topological polar surface area (TPSA) is 16.4 Å². The van der Waals surface area contributed by atoms with Crippen molar-refractivity contribution in [2.75, 3.05) is 4.90 Å². The van der Waals surface area contributed by atoms with Gasteiger partial charge in [0.25, 0.3) is 0 Å². The Morgan fingerprint density at radius 3 is 1.54 bits per heavy atom. The summed E-state index contributed by atoms with van der Waals surface area (Å²) >= 11 is 1.85.